The van der Waals surface area contributed by atoms with Crippen LogP contribution >= 0.6 is 0 Å². The molecule has 0 fully saturated rings. The van der Waals surface area contributed by atoms with Crippen LogP contribution in [0.5, 0.6) is 5.75 Å². The normalized spacial score (nSPS) is 10.7. The van der Waals surface area contributed by atoms with Gasteiger partial charge >= 0.3 is 0 Å². The minimum atomic E-state index is -0.760. The van der Waals surface area contributed by atoms with Gasteiger partial charge in [-0.2, -0.15) is 5.10 Å². The van der Waals surface area contributed by atoms with Crippen molar-refractivity contribution in [2.24, 2.45) is 0 Å². The molecule has 10 heteroatoms. The third-order valence-electron chi connectivity index (χ3n) is 5.01. The van der Waals surface area contributed by atoms with Crippen molar-refractivity contribution in [3.05, 3.63) is 84.4 Å². The highest BCUT2D eigenvalue weighted by molar-refractivity contribution is 6.06. The summed E-state index contributed by atoms with van der Waals surface area (Å²) in [6.07, 6.45) is 1.29. The predicted molar refractivity (Wildman–Crippen MR) is 121 cm³/mol. The molecule has 9 nitrogen and oxygen atoms in total. The largest absolute Gasteiger partial charge is 0.505 e. The number of anilines is 2. The number of carbonyl (C=O) groups is 1. The summed E-state index contributed by atoms with van der Waals surface area (Å²) in [4.78, 5) is 25.7. The van der Waals surface area contributed by atoms with Crippen molar-refractivity contribution in [2.75, 3.05) is 17.2 Å². The zero-order valence-electron chi connectivity index (χ0n) is 17.3. The molecule has 0 aliphatic rings. The molecule has 164 valence electrons. The van der Waals surface area contributed by atoms with E-state index in [4.69, 9.17) is 12.3 Å². The van der Waals surface area contributed by atoms with E-state index in [-0.39, 0.29) is 24.6 Å². The van der Waals surface area contributed by atoms with Crippen molar-refractivity contribution in [1.82, 2.24) is 19.7 Å². The molecule has 0 spiro atoms. The highest BCUT2D eigenvalue weighted by Gasteiger charge is 2.22. The molecule has 0 atom stereocenters. The van der Waals surface area contributed by atoms with Gasteiger partial charge in [0.05, 0.1) is 18.5 Å². The fourth-order valence-corrected chi connectivity index (χ4v) is 3.40. The quantitative estimate of drug-likeness (QED) is 0.349. The topological polar surface area (TPSA) is 115 Å². The number of phenols is 1. The SMILES string of the molecule is [C-]#[N+]C(=C)C(=O)N(CCn1nc(-c2ccc(F)c(O)c2)c2c(N)ncnc21)c1ccccc1. The number of nitrogens with two attached hydrogens (primary N) is 1. The summed E-state index contributed by atoms with van der Waals surface area (Å²) in [7, 11) is 0. The first-order chi connectivity index (χ1) is 15.9. The third kappa shape index (κ3) is 4.07. The second-order valence-corrected chi connectivity index (χ2v) is 7.05. The smallest absolute Gasteiger partial charge is 0.256 e. The molecule has 0 bridgehead atoms. The van der Waals surface area contributed by atoms with Gasteiger partial charge in [0.25, 0.3) is 5.91 Å². The van der Waals surface area contributed by atoms with Gasteiger partial charge in [-0.25, -0.2) is 23.9 Å². The molecule has 0 aliphatic heterocycles. The van der Waals surface area contributed by atoms with Crippen molar-refractivity contribution in [2.45, 2.75) is 6.54 Å². The minimum absolute atomic E-state index is 0.159. The number of nitrogens with zero attached hydrogens (tertiary/aromatic N) is 6. The van der Waals surface area contributed by atoms with Gasteiger partial charge in [0.15, 0.2) is 17.2 Å². The first-order valence-corrected chi connectivity index (χ1v) is 9.80. The lowest BCUT2D eigenvalue weighted by Gasteiger charge is -2.22. The highest BCUT2D eigenvalue weighted by atomic mass is 19.1. The van der Waals surface area contributed by atoms with E-state index in [1.54, 1.807) is 28.9 Å². The number of halogens is 1. The molecule has 4 aromatic rings. The van der Waals surface area contributed by atoms with Gasteiger partial charge in [-0.05, 0) is 30.3 Å². The zero-order valence-corrected chi connectivity index (χ0v) is 17.3. The van der Waals surface area contributed by atoms with Crippen LogP contribution in [0.3, 0.4) is 0 Å². The van der Waals surface area contributed by atoms with Gasteiger partial charge in [0.2, 0.25) is 5.70 Å². The first-order valence-electron chi connectivity index (χ1n) is 9.80. The van der Waals surface area contributed by atoms with Crippen LogP contribution in [0, 0.1) is 12.4 Å². The summed E-state index contributed by atoms with van der Waals surface area (Å²) in [5.41, 5.74) is 7.66. The van der Waals surface area contributed by atoms with E-state index in [1.165, 1.54) is 23.4 Å². The molecule has 0 unspecified atom stereocenters. The maximum Gasteiger partial charge on any atom is 0.256 e. The monoisotopic (exact) mass is 443 g/mol. The second-order valence-electron chi connectivity index (χ2n) is 7.05. The summed E-state index contributed by atoms with van der Waals surface area (Å²) in [5, 5.41) is 14.8. The third-order valence-corrected chi connectivity index (χ3v) is 5.01. The number of aromatic nitrogens is 4. The number of phenolic OH excluding ortho intramolecular Hbond substituents is 1. The molecule has 4 rings (SSSR count). The number of hydrogen-bond acceptors (Lipinski definition) is 6. The Kier molecular flexibility index (Phi) is 5.69. The second kappa shape index (κ2) is 8.76. The molecule has 2 aromatic heterocycles. The Morgan fingerprint density at radius 2 is 2.00 bits per heavy atom. The number of para-hydroxylation sites is 1. The molecule has 1 amide bonds. The van der Waals surface area contributed by atoms with Crippen LogP contribution in [0.2, 0.25) is 0 Å². The Morgan fingerprint density at radius 3 is 2.70 bits per heavy atom. The van der Waals surface area contributed by atoms with Gasteiger partial charge < -0.3 is 15.7 Å². The van der Waals surface area contributed by atoms with Crippen LogP contribution in [0.15, 0.2) is 67.1 Å². The molecular formula is C23H18FN7O2. The molecule has 33 heavy (non-hydrogen) atoms. The van der Waals surface area contributed by atoms with E-state index in [0.717, 1.165) is 6.07 Å². The minimum Gasteiger partial charge on any atom is -0.505 e. The summed E-state index contributed by atoms with van der Waals surface area (Å²) in [6, 6.07) is 12.7. The molecule has 0 saturated heterocycles. The van der Waals surface area contributed by atoms with Gasteiger partial charge in [-0.1, -0.05) is 24.8 Å². The molecule has 0 saturated carbocycles. The Bertz CT molecular complexity index is 1410. The lowest BCUT2D eigenvalue weighted by atomic mass is 10.1. The number of carbonyl (C=O) groups excluding carboxylic acids is 1. The summed E-state index contributed by atoms with van der Waals surface area (Å²) in [6.45, 7) is 11.0. The van der Waals surface area contributed by atoms with E-state index >= 15 is 0 Å². The first kappa shape index (κ1) is 21.5. The number of amides is 1. The average Bonchev–Trinajstić information content (AvgIpc) is 3.21. The van der Waals surface area contributed by atoms with Crippen LogP contribution in [0.1, 0.15) is 0 Å². The van der Waals surface area contributed by atoms with Crippen LogP contribution in [0.4, 0.5) is 15.9 Å². The van der Waals surface area contributed by atoms with E-state index in [2.05, 4.69) is 26.5 Å². The standard InChI is InChI=1S/C23H18FN7O2/c1-14(26-2)23(33)30(16-6-4-3-5-7-16)10-11-31-22-19(21(25)27-13-28-22)20(29-31)15-8-9-17(24)18(32)12-15/h3-9,12-13,32H,1,10-11H2,(H2,25,27,28). The maximum atomic E-state index is 13.6. The molecular weight excluding hydrogens is 425 g/mol. The van der Waals surface area contributed by atoms with E-state index in [1.807, 2.05) is 6.07 Å². The zero-order chi connectivity index (χ0) is 23.5. The molecule has 0 aliphatic carbocycles. The predicted octanol–water partition coefficient (Wildman–Crippen LogP) is 3.39. The molecule has 3 N–H and O–H groups in total. The number of nitrogen functional groups attached to an aromatic ring is 1. The molecule has 0 radical (unpaired) electrons. The summed E-state index contributed by atoms with van der Waals surface area (Å²) < 4.78 is 15.1. The number of rotatable bonds is 6. The van der Waals surface area contributed by atoms with Gasteiger partial charge in [0, 0.05) is 17.8 Å². The Morgan fingerprint density at radius 1 is 1.24 bits per heavy atom. The van der Waals surface area contributed by atoms with Crippen LogP contribution < -0.4 is 10.6 Å². The number of hydrogen-bond donors (Lipinski definition) is 2. The van der Waals surface area contributed by atoms with E-state index < -0.39 is 17.5 Å². The van der Waals surface area contributed by atoms with Gasteiger partial charge in [0.1, 0.15) is 17.8 Å². The fraction of sp³-hybridized carbons (Fsp3) is 0.0870. The van der Waals surface area contributed by atoms with Crippen molar-refractivity contribution in [3.8, 4) is 17.0 Å². The van der Waals surface area contributed by atoms with Crippen LogP contribution in [-0.4, -0.2) is 37.3 Å². The molecule has 2 heterocycles. The number of aromatic hydroxyl groups is 1. The Labute approximate surface area is 188 Å². The van der Waals surface area contributed by atoms with Crippen molar-refractivity contribution >= 4 is 28.4 Å². The highest BCUT2D eigenvalue weighted by Crippen LogP contribution is 2.32. The van der Waals surface area contributed by atoms with Crippen molar-refractivity contribution in [3.63, 3.8) is 0 Å². The van der Waals surface area contributed by atoms with Crippen molar-refractivity contribution in [1.29, 1.82) is 0 Å². The molecule has 2 aromatic carbocycles. The van der Waals surface area contributed by atoms with Gasteiger partial charge in [-0.3, -0.25) is 4.79 Å². The lowest BCUT2D eigenvalue weighted by Crippen LogP contribution is -2.34. The van der Waals surface area contributed by atoms with Crippen LogP contribution in [0.25, 0.3) is 27.1 Å². The summed E-state index contributed by atoms with van der Waals surface area (Å²) in [5.74, 6) is -1.64. The Balaban J connectivity index is 1.75. The van der Waals surface area contributed by atoms with E-state index in [9.17, 15) is 14.3 Å². The maximum absolute atomic E-state index is 13.6. The summed E-state index contributed by atoms with van der Waals surface area (Å²) >= 11 is 0. The van der Waals surface area contributed by atoms with Crippen LogP contribution in [-0.2, 0) is 11.3 Å². The van der Waals surface area contributed by atoms with E-state index in [0.29, 0.717) is 28.0 Å². The Hall–Kier alpha value is -4.78. The average molecular weight is 443 g/mol. The number of benzene rings is 2. The fourth-order valence-electron chi connectivity index (χ4n) is 3.40. The number of fused-ring (bicyclic) bond motifs is 1. The van der Waals surface area contributed by atoms with Gasteiger partial charge in [-0.15, -0.1) is 0 Å². The van der Waals surface area contributed by atoms with Crippen molar-refractivity contribution < 1.29 is 14.3 Å². The lowest BCUT2D eigenvalue weighted by molar-refractivity contribution is -0.114.